The summed E-state index contributed by atoms with van der Waals surface area (Å²) in [7, 11) is 0. The van der Waals surface area contributed by atoms with Gasteiger partial charge in [0.05, 0.1) is 16.1 Å². The third-order valence-corrected chi connectivity index (χ3v) is 12.5. The van der Waals surface area contributed by atoms with E-state index in [2.05, 4.69) is 183 Å². The SMILES string of the molecule is CC1(C)c2ccccc2-c2c(N(c3ccc(-c4ccccc4)cc3)c3cccc4c3sc3ccc5oc6c7ccccc7ccc6c5c34)cccc21. The number of anilines is 3. The van der Waals surface area contributed by atoms with Crippen molar-refractivity contribution in [2.24, 2.45) is 0 Å². The van der Waals surface area contributed by atoms with Crippen LogP contribution in [0.2, 0.25) is 0 Å². The molecule has 2 heterocycles. The van der Waals surface area contributed by atoms with E-state index in [0.29, 0.717) is 0 Å². The Morgan fingerprint density at radius 1 is 0.519 bits per heavy atom. The highest BCUT2D eigenvalue weighted by atomic mass is 32.1. The van der Waals surface area contributed by atoms with E-state index in [1.165, 1.54) is 75.7 Å². The Morgan fingerprint density at radius 2 is 1.23 bits per heavy atom. The van der Waals surface area contributed by atoms with Gasteiger partial charge in [-0.2, -0.15) is 0 Å². The minimum Gasteiger partial charge on any atom is -0.455 e. The van der Waals surface area contributed by atoms with Crippen molar-refractivity contribution in [3.63, 3.8) is 0 Å². The molecule has 8 aromatic carbocycles. The fourth-order valence-electron chi connectivity index (χ4n) is 8.81. The number of furan rings is 1. The van der Waals surface area contributed by atoms with Crippen molar-refractivity contribution in [2.75, 3.05) is 4.90 Å². The second-order valence-electron chi connectivity index (χ2n) is 14.5. The smallest absolute Gasteiger partial charge is 0.143 e. The quantitative estimate of drug-likeness (QED) is 0.184. The average Bonchev–Trinajstić information content (AvgIpc) is 3.84. The fraction of sp³-hybridized carbons (Fsp3) is 0.0612. The van der Waals surface area contributed by atoms with Crippen LogP contribution in [0.5, 0.6) is 0 Å². The molecule has 3 heteroatoms. The maximum atomic E-state index is 6.65. The van der Waals surface area contributed by atoms with Crippen LogP contribution in [0.4, 0.5) is 17.1 Å². The minimum atomic E-state index is -0.105. The first-order valence-electron chi connectivity index (χ1n) is 17.9. The molecule has 1 aliphatic carbocycles. The highest BCUT2D eigenvalue weighted by Gasteiger charge is 2.38. The van der Waals surface area contributed by atoms with Gasteiger partial charge in [0.25, 0.3) is 0 Å². The molecule has 0 spiro atoms. The Hall–Kier alpha value is -6.16. The number of benzene rings is 8. The molecule has 246 valence electrons. The first kappa shape index (κ1) is 29.6. The molecule has 2 nitrogen and oxygen atoms in total. The molecule has 0 fully saturated rings. The Balaban J connectivity index is 1.20. The lowest BCUT2D eigenvalue weighted by molar-refractivity contribution is 0.660. The van der Waals surface area contributed by atoms with Crippen molar-refractivity contribution >= 4 is 81.3 Å². The summed E-state index contributed by atoms with van der Waals surface area (Å²) in [5, 5.41) is 7.21. The molecule has 0 bridgehead atoms. The molecule has 0 saturated heterocycles. The second kappa shape index (κ2) is 10.9. The Labute approximate surface area is 305 Å². The Bertz CT molecular complexity index is 3040. The van der Waals surface area contributed by atoms with Crippen LogP contribution in [0.15, 0.2) is 168 Å². The van der Waals surface area contributed by atoms with E-state index in [0.717, 1.165) is 27.6 Å². The number of nitrogens with zero attached hydrogens (tertiary/aromatic N) is 1. The number of rotatable bonds is 4. The van der Waals surface area contributed by atoms with Crippen LogP contribution in [0.3, 0.4) is 0 Å². The summed E-state index contributed by atoms with van der Waals surface area (Å²) in [6.07, 6.45) is 0. The van der Waals surface area contributed by atoms with Gasteiger partial charge in [0.2, 0.25) is 0 Å². The summed E-state index contributed by atoms with van der Waals surface area (Å²) in [5.74, 6) is 0. The van der Waals surface area contributed by atoms with E-state index >= 15 is 0 Å². The van der Waals surface area contributed by atoms with Crippen molar-refractivity contribution in [3.8, 4) is 22.3 Å². The van der Waals surface area contributed by atoms with Crippen molar-refractivity contribution in [2.45, 2.75) is 19.3 Å². The van der Waals surface area contributed by atoms with E-state index in [4.69, 9.17) is 4.42 Å². The van der Waals surface area contributed by atoms with Crippen molar-refractivity contribution in [1.82, 2.24) is 0 Å². The molecule has 0 saturated carbocycles. The third kappa shape index (κ3) is 4.11. The van der Waals surface area contributed by atoms with Crippen LogP contribution in [0.25, 0.3) is 75.1 Å². The summed E-state index contributed by atoms with van der Waals surface area (Å²) in [5.41, 5.74) is 13.1. The molecule has 2 aromatic heterocycles. The monoisotopic (exact) mass is 683 g/mol. The van der Waals surface area contributed by atoms with Gasteiger partial charge in [0.1, 0.15) is 11.2 Å². The standard InChI is InChI=1S/C49H33NOS/c1-49(2)38-18-9-8-16-35(38)44-39(49)19-11-20-40(44)50(33-25-22-31(23-26-33)30-12-4-3-5-13-30)41-21-10-17-37-46-43(52-48(37)41)29-28-42-45(46)36-27-24-32-14-6-7-15-34(32)47(36)51-42/h3-29H,1-2H3. The van der Waals surface area contributed by atoms with Crippen LogP contribution in [-0.2, 0) is 5.41 Å². The summed E-state index contributed by atoms with van der Waals surface area (Å²) >= 11 is 1.87. The molecule has 10 aromatic rings. The van der Waals surface area contributed by atoms with Crippen molar-refractivity contribution < 1.29 is 4.42 Å². The van der Waals surface area contributed by atoms with Gasteiger partial charge in [-0.15, -0.1) is 11.3 Å². The lowest BCUT2D eigenvalue weighted by Crippen LogP contribution is -2.16. The molecule has 1 aliphatic rings. The number of thiophene rings is 1. The van der Waals surface area contributed by atoms with Crippen LogP contribution >= 0.6 is 11.3 Å². The van der Waals surface area contributed by atoms with Crippen LogP contribution in [-0.4, -0.2) is 0 Å². The molecular weight excluding hydrogens is 651 g/mol. The Kier molecular flexibility index (Phi) is 6.21. The lowest BCUT2D eigenvalue weighted by Gasteiger charge is -2.29. The molecule has 0 N–H and O–H groups in total. The minimum absolute atomic E-state index is 0.105. The van der Waals surface area contributed by atoms with E-state index < -0.39 is 0 Å². The molecule has 0 unspecified atom stereocenters. The van der Waals surface area contributed by atoms with E-state index in [1.807, 2.05) is 11.3 Å². The van der Waals surface area contributed by atoms with Crippen molar-refractivity contribution in [1.29, 1.82) is 0 Å². The van der Waals surface area contributed by atoms with Gasteiger partial charge in [-0.3, -0.25) is 0 Å². The highest BCUT2D eigenvalue weighted by molar-refractivity contribution is 7.26. The summed E-state index contributed by atoms with van der Waals surface area (Å²) in [6, 6.07) is 59.7. The van der Waals surface area contributed by atoms with Gasteiger partial charge >= 0.3 is 0 Å². The predicted octanol–water partition coefficient (Wildman–Crippen LogP) is 14.6. The Morgan fingerprint density at radius 3 is 2.12 bits per heavy atom. The molecule has 0 atom stereocenters. The number of hydrogen-bond acceptors (Lipinski definition) is 3. The lowest BCUT2D eigenvalue weighted by atomic mass is 9.82. The largest absolute Gasteiger partial charge is 0.455 e. The molecule has 0 aliphatic heterocycles. The average molecular weight is 684 g/mol. The zero-order valence-corrected chi connectivity index (χ0v) is 29.7. The summed E-state index contributed by atoms with van der Waals surface area (Å²) < 4.78 is 9.17. The predicted molar refractivity (Wildman–Crippen MR) is 222 cm³/mol. The zero-order chi connectivity index (χ0) is 34.6. The maximum Gasteiger partial charge on any atom is 0.143 e. The van der Waals surface area contributed by atoms with E-state index in [-0.39, 0.29) is 5.41 Å². The van der Waals surface area contributed by atoms with Gasteiger partial charge in [-0.1, -0.05) is 135 Å². The molecule has 0 amide bonds. The summed E-state index contributed by atoms with van der Waals surface area (Å²) in [6.45, 7) is 4.72. The number of fused-ring (bicyclic) bond motifs is 12. The summed E-state index contributed by atoms with van der Waals surface area (Å²) in [4.78, 5) is 2.50. The number of hydrogen-bond donors (Lipinski definition) is 0. The molecule has 11 rings (SSSR count). The van der Waals surface area contributed by atoms with Gasteiger partial charge < -0.3 is 9.32 Å². The first-order chi connectivity index (χ1) is 25.6. The molecule has 0 radical (unpaired) electrons. The first-order valence-corrected chi connectivity index (χ1v) is 18.7. The van der Waals surface area contributed by atoms with Crippen LogP contribution in [0.1, 0.15) is 25.0 Å². The van der Waals surface area contributed by atoms with Gasteiger partial charge in [0.15, 0.2) is 0 Å². The zero-order valence-electron chi connectivity index (χ0n) is 28.9. The fourth-order valence-corrected chi connectivity index (χ4v) is 10.0. The molecular formula is C49H33NOS. The van der Waals surface area contributed by atoms with Crippen LogP contribution < -0.4 is 4.90 Å². The highest BCUT2D eigenvalue weighted by Crippen LogP contribution is 2.55. The maximum absolute atomic E-state index is 6.65. The van der Waals surface area contributed by atoms with E-state index in [9.17, 15) is 0 Å². The van der Waals surface area contributed by atoms with E-state index in [1.54, 1.807) is 0 Å². The van der Waals surface area contributed by atoms with Gasteiger partial charge in [-0.05, 0) is 75.7 Å². The molecule has 52 heavy (non-hydrogen) atoms. The van der Waals surface area contributed by atoms with Gasteiger partial charge in [0, 0.05) is 48.3 Å². The topological polar surface area (TPSA) is 16.4 Å². The van der Waals surface area contributed by atoms with Gasteiger partial charge in [-0.25, -0.2) is 0 Å². The van der Waals surface area contributed by atoms with Crippen molar-refractivity contribution in [3.05, 3.63) is 175 Å². The second-order valence-corrected chi connectivity index (χ2v) is 15.5. The van der Waals surface area contributed by atoms with Crippen LogP contribution in [0, 0.1) is 0 Å². The normalized spacial score (nSPS) is 13.3. The third-order valence-electron chi connectivity index (χ3n) is 11.3.